The number of alkyl carbamates (subject to hydrolysis) is 1. The average molecular weight is 982 g/mol. The molecule has 6 aromatic carbocycles. The van der Waals surface area contributed by atoms with E-state index in [0.29, 0.717) is 25.3 Å². The minimum absolute atomic E-state index is 0. The third kappa shape index (κ3) is 17.4. The van der Waals surface area contributed by atoms with E-state index in [0.717, 1.165) is 37.2 Å². The van der Waals surface area contributed by atoms with Crippen LogP contribution >= 0.6 is 29.4 Å². The van der Waals surface area contributed by atoms with Crippen molar-refractivity contribution in [2.45, 2.75) is 53.2 Å². The summed E-state index contributed by atoms with van der Waals surface area (Å²) in [5.74, 6) is 0. The topological polar surface area (TPSA) is 161 Å². The third-order valence-electron chi connectivity index (χ3n) is 9.95. The molecule has 2 heterocycles. The van der Waals surface area contributed by atoms with Crippen LogP contribution in [-0.4, -0.2) is 70.2 Å². The summed E-state index contributed by atoms with van der Waals surface area (Å²) in [6.07, 6.45) is -1.13. The lowest BCUT2D eigenvalue weighted by atomic mass is 10.1. The van der Waals surface area contributed by atoms with Gasteiger partial charge in [0.05, 0.1) is 22.9 Å². The summed E-state index contributed by atoms with van der Waals surface area (Å²) in [4.78, 5) is 49.8. The van der Waals surface area contributed by atoms with Gasteiger partial charge in [-0.25, -0.2) is 9.59 Å². The van der Waals surface area contributed by atoms with E-state index in [1.54, 1.807) is 24.3 Å². The Morgan fingerprint density at radius 2 is 0.924 bits per heavy atom. The lowest BCUT2D eigenvalue weighted by molar-refractivity contribution is -0.385. The van der Waals surface area contributed by atoms with Crippen LogP contribution in [0.3, 0.4) is 0 Å². The SMILES string of the molecule is C.C.O=C1NC[C@@H](CN(Cc2ccccc2)Cc2ccccc2)O1.O=C1O[C@H](CN(Cc2ccccc2)Cc2ccccc2)CN1c1ccc([N+](=O)[O-])cc1.O=[N+]([O-])c1ccc(Br)cc1.S. The molecule has 0 unspecified atom stereocenters. The fourth-order valence-electron chi connectivity index (χ4n) is 6.99. The Morgan fingerprint density at radius 1 is 0.561 bits per heavy atom. The Bertz CT molecular complexity index is 2290. The molecule has 66 heavy (non-hydrogen) atoms. The summed E-state index contributed by atoms with van der Waals surface area (Å²) in [5, 5.41) is 23.7. The van der Waals surface area contributed by atoms with E-state index in [2.05, 4.69) is 79.6 Å². The lowest BCUT2D eigenvalue weighted by Crippen LogP contribution is -2.34. The smallest absolute Gasteiger partial charge is 0.414 e. The molecule has 8 rings (SSSR count). The monoisotopic (exact) mass is 980 g/mol. The number of nitro benzene ring substituents is 2. The van der Waals surface area contributed by atoms with Crippen LogP contribution in [0.2, 0.25) is 0 Å². The minimum Gasteiger partial charge on any atom is -0.443 e. The Morgan fingerprint density at radius 3 is 1.27 bits per heavy atom. The van der Waals surface area contributed by atoms with Crippen molar-refractivity contribution in [2.75, 3.05) is 31.1 Å². The molecule has 14 nitrogen and oxygen atoms in total. The van der Waals surface area contributed by atoms with Crippen molar-refractivity contribution in [3.63, 3.8) is 0 Å². The van der Waals surface area contributed by atoms with Gasteiger partial charge in [-0.2, -0.15) is 13.5 Å². The zero-order valence-corrected chi connectivity index (χ0v) is 37.4. The summed E-state index contributed by atoms with van der Waals surface area (Å²) in [5.41, 5.74) is 5.60. The number of ether oxygens (including phenoxy) is 2. The highest BCUT2D eigenvalue weighted by molar-refractivity contribution is 9.10. The normalized spacial score (nSPS) is 14.6. The summed E-state index contributed by atoms with van der Waals surface area (Å²) in [6.45, 7) is 5.44. The van der Waals surface area contributed by atoms with Crippen molar-refractivity contribution in [3.8, 4) is 0 Å². The molecule has 2 saturated heterocycles. The van der Waals surface area contributed by atoms with Crippen LogP contribution in [0, 0.1) is 20.2 Å². The van der Waals surface area contributed by atoms with E-state index in [-0.39, 0.29) is 58.0 Å². The second-order valence-electron chi connectivity index (χ2n) is 14.8. The molecule has 2 fully saturated rings. The lowest BCUT2D eigenvalue weighted by Gasteiger charge is -2.25. The predicted octanol–water partition coefficient (Wildman–Crippen LogP) is 11.2. The Labute approximate surface area is 402 Å². The van der Waals surface area contributed by atoms with E-state index >= 15 is 0 Å². The highest BCUT2D eigenvalue weighted by atomic mass is 79.9. The van der Waals surface area contributed by atoms with Crippen molar-refractivity contribution >= 4 is 58.7 Å². The van der Waals surface area contributed by atoms with Gasteiger partial charge in [0, 0.05) is 73.7 Å². The van der Waals surface area contributed by atoms with Gasteiger partial charge in [-0.15, -0.1) is 0 Å². The van der Waals surface area contributed by atoms with Crippen LogP contribution in [0.1, 0.15) is 37.1 Å². The van der Waals surface area contributed by atoms with Crippen LogP contribution < -0.4 is 10.2 Å². The molecule has 0 aliphatic carbocycles. The van der Waals surface area contributed by atoms with Crippen molar-refractivity contribution in [3.05, 3.63) is 217 Å². The molecule has 0 saturated carbocycles. The fraction of sp³-hybridized carbons (Fsp3) is 0.240. The van der Waals surface area contributed by atoms with Gasteiger partial charge in [-0.1, -0.05) is 152 Å². The number of nitrogens with zero attached hydrogens (tertiary/aromatic N) is 5. The Balaban J connectivity index is 0.000000288. The summed E-state index contributed by atoms with van der Waals surface area (Å²) in [7, 11) is 0. The number of cyclic esters (lactones) is 2. The standard InChI is InChI=1S/C24H23N3O4.C18H20N2O2.C6H4BrNO2.2CH4.H2S/c28-24-26(21-11-13-22(14-12-21)27(29)30)18-23(31-24)17-25(15-19-7-3-1-4-8-19)16-20-9-5-2-6-10-20;21-18-19-11-17(22-18)14-20(12-15-7-3-1-4-8-15)13-16-9-5-2-6-10-16;7-5-1-3-6(4-2-5)8(9)10;;;/h1-14,23H,15-18H2;1-10,17H,11-14H2,(H,19,21);1-4H;2*1H4;1H2/t23-;17-;;;;/m10..../s1. The van der Waals surface area contributed by atoms with Gasteiger partial charge in [-0.05, 0) is 46.5 Å². The molecule has 0 aromatic heterocycles. The number of carbonyl (C=O) groups excluding carboxylic acids is 2. The van der Waals surface area contributed by atoms with Gasteiger partial charge in [0.25, 0.3) is 11.4 Å². The zero-order valence-electron chi connectivity index (χ0n) is 34.9. The van der Waals surface area contributed by atoms with Crippen molar-refractivity contribution in [2.24, 2.45) is 0 Å². The van der Waals surface area contributed by atoms with Gasteiger partial charge in [-0.3, -0.25) is 34.9 Å². The van der Waals surface area contributed by atoms with Gasteiger partial charge >= 0.3 is 12.2 Å². The fourth-order valence-corrected chi connectivity index (χ4v) is 7.26. The Kier molecular flexibility index (Phi) is 22.5. The molecule has 2 aliphatic rings. The molecular formula is C50H57BrN6O8S. The zero-order chi connectivity index (χ0) is 44.4. The molecule has 16 heteroatoms. The molecule has 348 valence electrons. The molecule has 0 spiro atoms. The van der Waals surface area contributed by atoms with E-state index < -0.39 is 15.9 Å². The largest absolute Gasteiger partial charge is 0.443 e. The molecule has 6 aromatic rings. The molecule has 2 aliphatic heterocycles. The first-order valence-electron chi connectivity index (χ1n) is 20.3. The first-order valence-corrected chi connectivity index (χ1v) is 21.0. The van der Waals surface area contributed by atoms with E-state index in [9.17, 15) is 29.8 Å². The third-order valence-corrected chi connectivity index (χ3v) is 10.5. The summed E-state index contributed by atoms with van der Waals surface area (Å²) < 4.78 is 11.7. The number of carbonyl (C=O) groups is 2. The van der Waals surface area contributed by atoms with Crippen LogP contribution in [-0.2, 0) is 35.7 Å². The number of amides is 2. The number of hydrogen-bond donors (Lipinski definition) is 1. The number of non-ortho nitro benzene ring substituents is 2. The second-order valence-corrected chi connectivity index (χ2v) is 15.7. The van der Waals surface area contributed by atoms with Crippen molar-refractivity contribution in [1.29, 1.82) is 0 Å². The highest BCUT2D eigenvalue weighted by Gasteiger charge is 2.34. The van der Waals surface area contributed by atoms with Crippen LogP contribution in [0.25, 0.3) is 0 Å². The van der Waals surface area contributed by atoms with E-state index in [4.69, 9.17) is 9.47 Å². The average Bonchev–Trinajstić information content (AvgIpc) is 3.88. The molecule has 2 amide bonds. The van der Waals surface area contributed by atoms with Crippen LogP contribution in [0.5, 0.6) is 0 Å². The molecule has 1 N–H and O–H groups in total. The summed E-state index contributed by atoms with van der Waals surface area (Å²) in [6, 6.07) is 53.2. The predicted molar refractivity (Wildman–Crippen MR) is 268 cm³/mol. The summed E-state index contributed by atoms with van der Waals surface area (Å²) >= 11 is 3.17. The molecular weight excluding hydrogens is 925 g/mol. The van der Waals surface area contributed by atoms with Crippen LogP contribution in [0.15, 0.2) is 174 Å². The number of hydrogen-bond acceptors (Lipinski definition) is 10. The van der Waals surface area contributed by atoms with E-state index in [1.807, 2.05) is 72.8 Å². The van der Waals surface area contributed by atoms with E-state index in [1.165, 1.54) is 51.4 Å². The number of rotatable bonds is 15. The molecule has 0 bridgehead atoms. The van der Waals surface area contributed by atoms with Gasteiger partial charge < -0.3 is 14.8 Å². The number of nitrogens with one attached hydrogen (secondary N) is 1. The maximum Gasteiger partial charge on any atom is 0.414 e. The van der Waals surface area contributed by atoms with Crippen molar-refractivity contribution < 1.29 is 28.9 Å². The highest BCUT2D eigenvalue weighted by Crippen LogP contribution is 2.25. The number of benzene rings is 6. The minimum atomic E-state index is -0.458. The van der Waals surface area contributed by atoms with Gasteiger partial charge in [0.15, 0.2) is 0 Å². The van der Waals surface area contributed by atoms with Gasteiger partial charge in [0.1, 0.15) is 12.2 Å². The quantitative estimate of drug-likeness (QED) is 0.0774. The molecule has 2 atom stereocenters. The second kappa shape index (κ2) is 27.7. The Hall–Kier alpha value is -6.59. The maximum absolute atomic E-state index is 12.5. The number of nitro groups is 2. The first-order chi connectivity index (χ1) is 30.6. The van der Waals surface area contributed by atoms with Gasteiger partial charge in [0.2, 0.25) is 0 Å². The molecule has 0 radical (unpaired) electrons. The van der Waals surface area contributed by atoms with Crippen molar-refractivity contribution in [1.82, 2.24) is 15.1 Å². The maximum atomic E-state index is 12.5. The number of anilines is 1. The van der Waals surface area contributed by atoms with Crippen LogP contribution in [0.4, 0.5) is 26.7 Å². The number of halogens is 1. The first kappa shape index (κ1) is 53.7.